The second-order valence-electron chi connectivity index (χ2n) is 4.63. The van der Waals surface area contributed by atoms with Crippen LogP contribution in [0.2, 0.25) is 0 Å². The maximum absolute atomic E-state index is 10.8. The third-order valence-corrected chi connectivity index (χ3v) is 3.20. The number of phenolic OH excluding ortho intramolecular Hbond substituents is 1. The van der Waals surface area contributed by atoms with Crippen LogP contribution in [0, 0.1) is 16.0 Å². The number of benzene rings is 1. The molecular formula is C12H16N2O4. The Morgan fingerprint density at radius 3 is 2.78 bits per heavy atom. The van der Waals surface area contributed by atoms with E-state index >= 15 is 0 Å². The van der Waals surface area contributed by atoms with E-state index in [1.54, 1.807) is 0 Å². The fourth-order valence-corrected chi connectivity index (χ4v) is 2.00. The number of aromatic hydroxyl groups is 1. The average Bonchev–Trinajstić information content (AvgIpc) is 3.12. The molecule has 1 aliphatic carbocycles. The fraction of sp³-hybridized carbons (Fsp3) is 0.500. The van der Waals surface area contributed by atoms with Gasteiger partial charge in [-0.15, -0.1) is 0 Å². The van der Waals surface area contributed by atoms with E-state index in [4.69, 9.17) is 10.5 Å². The minimum absolute atomic E-state index is 0.0884. The van der Waals surface area contributed by atoms with E-state index in [-0.39, 0.29) is 17.2 Å². The molecule has 6 nitrogen and oxygen atoms in total. The van der Waals surface area contributed by atoms with Crippen LogP contribution in [0.5, 0.6) is 11.5 Å². The zero-order chi connectivity index (χ0) is 13.3. The van der Waals surface area contributed by atoms with Crippen molar-refractivity contribution in [1.29, 1.82) is 0 Å². The molecule has 0 amide bonds. The molecule has 1 aromatic carbocycles. The quantitative estimate of drug-likeness (QED) is 0.617. The molecule has 0 radical (unpaired) electrons. The van der Waals surface area contributed by atoms with Gasteiger partial charge >= 0.3 is 0 Å². The summed E-state index contributed by atoms with van der Waals surface area (Å²) in [6.07, 6.45) is 3.01. The molecule has 0 bridgehead atoms. The summed E-state index contributed by atoms with van der Waals surface area (Å²) < 4.78 is 4.94. The lowest BCUT2D eigenvalue weighted by Gasteiger charge is -2.15. The topological polar surface area (TPSA) is 98.6 Å². The zero-order valence-corrected chi connectivity index (χ0v) is 10.1. The number of rotatable bonds is 5. The van der Waals surface area contributed by atoms with E-state index < -0.39 is 11.0 Å². The Morgan fingerprint density at radius 1 is 1.61 bits per heavy atom. The molecule has 98 valence electrons. The molecule has 6 heteroatoms. The molecule has 3 N–H and O–H groups in total. The van der Waals surface area contributed by atoms with Gasteiger partial charge in [0.25, 0.3) is 5.69 Å². The Bertz CT molecular complexity index is 471. The molecule has 0 heterocycles. The number of hydrogen-bond donors (Lipinski definition) is 2. The third kappa shape index (κ3) is 2.53. The van der Waals surface area contributed by atoms with Crippen LogP contribution in [0.3, 0.4) is 0 Å². The van der Waals surface area contributed by atoms with Crippen LogP contribution in [0.15, 0.2) is 12.1 Å². The highest BCUT2D eigenvalue weighted by Gasteiger charge is 2.27. The number of hydrogen-bond acceptors (Lipinski definition) is 5. The summed E-state index contributed by atoms with van der Waals surface area (Å²) in [6.45, 7) is 0. The second-order valence-corrected chi connectivity index (χ2v) is 4.63. The van der Waals surface area contributed by atoms with E-state index in [9.17, 15) is 15.2 Å². The van der Waals surface area contributed by atoms with E-state index in [0.717, 1.165) is 19.3 Å². The van der Waals surface area contributed by atoms with E-state index in [1.165, 1.54) is 19.2 Å². The van der Waals surface area contributed by atoms with Crippen LogP contribution >= 0.6 is 0 Å². The van der Waals surface area contributed by atoms with Crippen LogP contribution < -0.4 is 10.5 Å². The molecule has 0 aromatic heterocycles. The van der Waals surface area contributed by atoms with Gasteiger partial charge in [0.15, 0.2) is 11.5 Å². The van der Waals surface area contributed by atoms with E-state index in [0.29, 0.717) is 11.5 Å². The predicted octanol–water partition coefficient (Wildman–Crippen LogP) is 2.11. The van der Waals surface area contributed by atoms with Crippen molar-refractivity contribution >= 4 is 5.69 Å². The molecule has 0 saturated heterocycles. The summed E-state index contributed by atoms with van der Waals surface area (Å²) in [5.41, 5.74) is 6.25. The summed E-state index contributed by atoms with van der Waals surface area (Å²) in [4.78, 5) is 10.3. The Hall–Kier alpha value is -1.82. The molecule has 18 heavy (non-hydrogen) atoms. The molecule has 1 aromatic rings. The van der Waals surface area contributed by atoms with Crippen LogP contribution in [0.1, 0.15) is 30.9 Å². The first kappa shape index (κ1) is 12.6. The minimum atomic E-state index is -0.519. The maximum atomic E-state index is 10.8. The van der Waals surface area contributed by atoms with Crippen molar-refractivity contribution in [3.8, 4) is 11.5 Å². The molecule has 0 unspecified atom stereocenters. The van der Waals surface area contributed by atoms with Gasteiger partial charge in [-0.1, -0.05) is 12.8 Å². The van der Waals surface area contributed by atoms with Gasteiger partial charge in [-0.3, -0.25) is 10.1 Å². The number of nitro groups is 1. The van der Waals surface area contributed by atoms with Gasteiger partial charge in [0.1, 0.15) is 0 Å². The van der Waals surface area contributed by atoms with Crippen molar-refractivity contribution in [3.63, 3.8) is 0 Å². The van der Waals surface area contributed by atoms with Gasteiger partial charge in [-0.25, -0.2) is 0 Å². The lowest BCUT2D eigenvalue weighted by Crippen LogP contribution is -2.12. The first-order chi connectivity index (χ1) is 8.52. The van der Waals surface area contributed by atoms with Gasteiger partial charge in [0, 0.05) is 17.7 Å². The second kappa shape index (κ2) is 4.81. The van der Waals surface area contributed by atoms with Crippen molar-refractivity contribution in [2.75, 3.05) is 7.11 Å². The first-order valence-electron chi connectivity index (χ1n) is 5.83. The Kier molecular flexibility index (Phi) is 3.38. The normalized spacial score (nSPS) is 16.3. The average molecular weight is 252 g/mol. The summed E-state index contributed by atoms with van der Waals surface area (Å²) in [6, 6.07) is 2.12. The summed E-state index contributed by atoms with van der Waals surface area (Å²) >= 11 is 0. The number of nitro benzene ring substituents is 1. The molecule has 2 rings (SSSR count). The minimum Gasteiger partial charge on any atom is -0.504 e. The summed E-state index contributed by atoms with van der Waals surface area (Å²) in [5, 5.41) is 20.8. The highest BCUT2D eigenvalue weighted by atomic mass is 16.6. The largest absolute Gasteiger partial charge is 0.504 e. The monoisotopic (exact) mass is 252 g/mol. The predicted molar refractivity (Wildman–Crippen MR) is 65.6 cm³/mol. The van der Waals surface area contributed by atoms with Crippen LogP contribution in [0.4, 0.5) is 5.69 Å². The summed E-state index contributed by atoms with van der Waals surface area (Å²) in [5.74, 6) is 0.561. The molecule has 1 atom stereocenters. The number of ether oxygens (including phenoxy) is 1. The van der Waals surface area contributed by atoms with Crippen molar-refractivity contribution in [2.24, 2.45) is 11.7 Å². The molecular weight excluding hydrogens is 236 g/mol. The maximum Gasteiger partial charge on any atom is 0.273 e. The van der Waals surface area contributed by atoms with Crippen LogP contribution in [0.25, 0.3) is 0 Å². The number of non-ortho nitro benzene ring substituents is 1. The third-order valence-electron chi connectivity index (χ3n) is 3.20. The van der Waals surface area contributed by atoms with Crippen LogP contribution in [-0.2, 0) is 0 Å². The molecule has 1 fully saturated rings. The number of nitrogens with zero attached hydrogens (tertiary/aromatic N) is 1. The Labute approximate surface area is 105 Å². The van der Waals surface area contributed by atoms with Crippen molar-refractivity contribution in [3.05, 3.63) is 27.8 Å². The van der Waals surface area contributed by atoms with E-state index in [2.05, 4.69) is 0 Å². The van der Waals surface area contributed by atoms with E-state index in [1.807, 2.05) is 0 Å². The fourth-order valence-electron chi connectivity index (χ4n) is 2.00. The van der Waals surface area contributed by atoms with Crippen LogP contribution in [-0.4, -0.2) is 17.1 Å². The summed E-state index contributed by atoms with van der Waals surface area (Å²) in [7, 11) is 1.36. The lowest BCUT2D eigenvalue weighted by molar-refractivity contribution is -0.385. The van der Waals surface area contributed by atoms with Gasteiger partial charge in [0.05, 0.1) is 18.1 Å². The number of methoxy groups -OCH3 is 1. The van der Waals surface area contributed by atoms with Gasteiger partial charge in [0.2, 0.25) is 0 Å². The lowest BCUT2D eigenvalue weighted by atomic mass is 10.00. The molecule has 0 spiro atoms. The standard InChI is InChI=1S/C12H16N2O4/c1-18-11-6-8(14(16)17)5-9(12(11)15)10(13)4-7-2-3-7/h5-7,10,15H,2-4,13H2,1H3/t10-/m0/s1. The molecule has 1 saturated carbocycles. The Morgan fingerprint density at radius 2 is 2.28 bits per heavy atom. The zero-order valence-electron chi connectivity index (χ0n) is 10.1. The Balaban J connectivity index is 2.36. The van der Waals surface area contributed by atoms with Crippen molar-refractivity contribution in [2.45, 2.75) is 25.3 Å². The van der Waals surface area contributed by atoms with Crippen molar-refractivity contribution in [1.82, 2.24) is 0 Å². The SMILES string of the molecule is COc1cc([N+](=O)[O-])cc([C@@H](N)CC2CC2)c1O. The highest BCUT2D eigenvalue weighted by molar-refractivity contribution is 5.54. The highest BCUT2D eigenvalue weighted by Crippen LogP contribution is 2.42. The molecule has 1 aliphatic rings. The molecule has 0 aliphatic heterocycles. The van der Waals surface area contributed by atoms with Gasteiger partial charge in [-0.05, 0) is 12.3 Å². The number of phenols is 1. The van der Waals surface area contributed by atoms with Gasteiger partial charge in [-0.2, -0.15) is 0 Å². The van der Waals surface area contributed by atoms with Crippen molar-refractivity contribution < 1.29 is 14.8 Å². The number of nitrogens with two attached hydrogens (primary N) is 1. The van der Waals surface area contributed by atoms with Gasteiger partial charge < -0.3 is 15.6 Å². The first-order valence-corrected chi connectivity index (χ1v) is 5.83. The smallest absolute Gasteiger partial charge is 0.273 e.